The number of anilines is 2. The first-order valence-electron chi connectivity index (χ1n) is 4.52. The van der Waals surface area contributed by atoms with E-state index >= 15 is 0 Å². The third-order valence-corrected chi connectivity index (χ3v) is 2.52. The van der Waals surface area contributed by atoms with Gasteiger partial charge < -0.3 is 15.7 Å². The van der Waals surface area contributed by atoms with Crippen molar-refractivity contribution < 1.29 is 23.1 Å². The van der Waals surface area contributed by atoms with Crippen molar-refractivity contribution in [2.45, 2.75) is 6.18 Å². The number of nitriles is 1. The molecule has 0 aromatic carbocycles. The normalized spacial score (nSPS) is 10.8. The minimum atomic E-state index is -5.05. The summed E-state index contributed by atoms with van der Waals surface area (Å²) in [6.45, 7) is -0.0727. The summed E-state index contributed by atoms with van der Waals surface area (Å²) in [5.74, 6) is -2.65. The number of alkyl halides is 3. The van der Waals surface area contributed by atoms with E-state index in [-0.39, 0.29) is 23.2 Å². The van der Waals surface area contributed by atoms with Gasteiger partial charge in [-0.2, -0.15) is 18.4 Å². The van der Waals surface area contributed by atoms with Crippen LogP contribution in [0.15, 0.2) is 0 Å². The van der Waals surface area contributed by atoms with Gasteiger partial charge in [0.25, 0.3) is 0 Å². The molecule has 0 fully saturated rings. The number of nitrogens with zero attached hydrogens (tertiary/aromatic N) is 2. The first-order chi connectivity index (χ1) is 8.38. The first-order valence-corrected chi connectivity index (χ1v) is 5.34. The molecule has 0 spiro atoms. The van der Waals surface area contributed by atoms with Crippen LogP contribution in [0.4, 0.5) is 24.1 Å². The van der Waals surface area contributed by atoms with Gasteiger partial charge in [0.1, 0.15) is 6.07 Å². The van der Waals surface area contributed by atoms with E-state index in [4.69, 9.17) is 10.4 Å². The lowest BCUT2D eigenvalue weighted by atomic mass is 10.5. The number of amides is 1. The molecule has 98 valence electrons. The topological polar surface area (TPSA) is 98.0 Å². The molecule has 0 aliphatic heterocycles. The molecular weight excluding hydrogens is 273 g/mol. The average Bonchev–Trinajstić information content (AvgIpc) is 2.67. The molecule has 1 amide bonds. The van der Waals surface area contributed by atoms with Crippen molar-refractivity contribution in [3.05, 3.63) is 4.88 Å². The lowest BCUT2D eigenvalue weighted by molar-refractivity contribution is -0.167. The number of aromatic nitrogens is 1. The number of aliphatic hydroxyl groups excluding tert-OH is 1. The van der Waals surface area contributed by atoms with Gasteiger partial charge in [-0.15, -0.1) is 0 Å². The highest BCUT2D eigenvalue weighted by atomic mass is 32.1. The minimum Gasteiger partial charge on any atom is -0.395 e. The van der Waals surface area contributed by atoms with Crippen LogP contribution in [-0.4, -0.2) is 35.3 Å². The second kappa shape index (κ2) is 5.65. The fourth-order valence-corrected chi connectivity index (χ4v) is 1.64. The molecule has 1 aromatic heterocycles. The number of rotatable bonds is 4. The van der Waals surface area contributed by atoms with Crippen LogP contribution in [0.5, 0.6) is 0 Å². The Balaban J connectivity index is 2.85. The van der Waals surface area contributed by atoms with Gasteiger partial charge in [0, 0.05) is 6.54 Å². The number of carbonyl (C=O) groups is 1. The van der Waals surface area contributed by atoms with E-state index in [1.807, 2.05) is 0 Å². The number of halogens is 3. The quantitative estimate of drug-likeness (QED) is 0.761. The van der Waals surface area contributed by atoms with Gasteiger partial charge in [-0.25, -0.2) is 4.98 Å². The van der Waals surface area contributed by atoms with E-state index in [2.05, 4.69) is 10.3 Å². The number of hydrogen-bond donors (Lipinski definition) is 3. The summed E-state index contributed by atoms with van der Waals surface area (Å²) in [7, 11) is 0. The summed E-state index contributed by atoms with van der Waals surface area (Å²) < 4.78 is 36.0. The van der Waals surface area contributed by atoms with E-state index in [0.29, 0.717) is 0 Å². The maximum Gasteiger partial charge on any atom is 0.471 e. The first kappa shape index (κ1) is 14.2. The van der Waals surface area contributed by atoms with E-state index in [1.165, 1.54) is 5.32 Å². The predicted molar refractivity (Wildman–Crippen MR) is 57.1 cm³/mol. The zero-order valence-corrected chi connectivity index (χ0v) is 9.52. The smallest absolute Gasteiger partial charge is 0.395 e. The van der Waals surface area contributed by atoms with Crippen LogP contribution >= 0.6 is 11.3 Å². The molecule has 0 radical (unpaired) electrons. The Kier molecular flexibility index (Phi) is 4.46. The maximum atomic E-state index is 12.0. The van der Waals surface area contributed by atoms with Crippen molar-refractivity contribution in [1.82, 2.24) is 4.98 Å². The maximum absolute atomic E-state index is 12.0. The number of thiazole rings is 1. The summed E-state index contributed by atoms with van der Waals surface area (Å²) in [5, 5.41) is 21.4. The highest BCUT2D eigenvalue weighted by Crippen LogP contribution is 2.27. The van der Waals surface area contributed by atoms with Crippen LogP contribution in [0, 0.1) is 11.3 Å². The molecule has 10 heteroatoms. The van der Waals surface area contributed by atoms with Crippen molar-refractivity contribution in [3.8, 4) is 6.07 Å². The van der Waals surface area contributed by atoms with Crippen LogP contribution < -0.4 is 10.6 Å². The van der Waals surface area contributed by atoms with Crippen molar-refractivity contribution in [2.24, 2.45) is 0 Å². The Morgan fingerprint density at radius 2 is 2.22 bits per heavy atom. The predicted octanol–water partition coefficient (Wildman–Crippen LogP) is 0.920. The van der Waals surface area contributed by atoms with Gasteiger partial charge in [-0.05, 0) is 0 Å². The average molecular weight is 280 g/mol. The summed E-state index contributed by atoms with van der Waals surface area (Å²) in [5.41, 5.74) is 0. The molecule has 0 saturated carbocycles. The molecule has 0 saturated heterocycles. The van der Waals surface area contributed by atoms with Crippen molar-refractivity contribution in [2.75, 3.05) is 23.8 Å². The van der Waals surface area contributed by atoms with E-state index in [9.17, 15) is 18.0 Å². The lowest BCUT2D eigenvalue weighted by Gasteiger charge is -2.05. The molecule has 0 aliphatic carbocycles. The summed E-state index contributed by atoms with van der Waals surface area (Å²) in [4.78, 5) is 14.1. The van der Waals surface area contributed by atoms with Gasteiger partial charge in [-0.3, -0.25) is 4.79 Å². The molecule has 1 rings (SSSR count). The number of carbonyl (C=O) groups excluding carboxylic acids is 1. The van der Waals surface area contributed by atoms with Gasteiger partial charge >= 0.3 is 12.1 Å². The van der Waals surface area contributed by atoms with E-state index in [1.54, 1.807) is 6.07 Å². The molecule has 6 nitrogen and oxygen atoms in total. The summed E-state index contributed by atoms with van der Waals surface area (Å²) in [6.07, 6.45) is -5.05. The molecule has 0 aliphatic rings. The molecule has 0 atom stereocenters. The number of aliphatic hydroxyl groups is 1. The lowest BCUT2D eigenvalue weighted by Crippen LogP contribution is -2.30. The monoisotopic (exact) mass is 280 g/mol. The van der Waals surface area contributed by atoms with Gasteiger partial charge in [0.05, 0.1) is 6.61 Å². The van der Waals surface area contributed by atoms with Gasteiger partial charge in [0.15, 0.2) is 15.8 Å². The van der Waals surface area contributed by atoms with Crippen LogP contribution in [0.1, 0.15) is 4.88 Å². The Bertz CT molecular complexity index is 480. The molecular formula is C8H7F3N4O2S. The molecule has 0 bridgehead atoms. The fraction of sp³-hybridized carbons (Fsp3) is 0.375. The largest absolute Gasteiger partial charge is 0.471 e. The molecule has 3 N–H and O–H groups in total. The zero-order chi connectivity index (χ0) is 13.8. The van der Waals surface area contributed by atoms with E-state index in [0.717, 1.165) is 11.3 Å². The zero-order valence-electron chi connectivity index (χ0n) is 8.71. The Labute approximate surface area is 103 Å². The van der Waals surface area contributed by atoms with Crippen molar-refractivity contribution in [1.29, 1.82) is 5.26 Å². The Morgan fingerprint density at radius 3 is 2.72 bits per heavy atom. The highest BCUT2D eigenvalue weighted by molar-refractivity contribution is 7.16. The second-order valence-corrected chi connectivity index (χ2v) is 3.91. The number of nitrogens with one attached hydrogen (secondary N) is 2. The third kappa shape index (κ3) is 3.57. The van der Waals surface area contributed by atoms with Crippen LogP contribution in [0.25, 0.3) is 0 Å². The Hall–Kier alpha value is -1.86. The fourth-order valence-electron chi connectivity index (χ4n) is 0.897. The molecule has 18 heavy (non-hydrogen) atoms. The highest BCUT2D eigenvalue weighted by Gasteiger charge is 2.39. The standard InChI is InChI=1S/C8H7F3N4O2S/c9-8(10,11)6(17)14-5-4(3-12)18-7(15-5)13-1-2-16/h16H,1-2H2,(H,13,15)(H,14,17). The minimum absolute atomic E-state index is 0.130. The van der Waals surface area contributed by atoms with Crippen LogP contribution in [0.2, 0.25) is 0 Å². The second-order valence-electron chi connectivity index (χ2n) is 2.91. The summed E-state index contributed by atoms with van der Waals surface area (Å²) in [6, 6.07) is 1.62. The van der Waals surface area contributed by atoms with Crippen molar-refractivity contribution in [3.63, 3.8) is 0 Å². The van der Waals surface area contributed by atoms with Crippen LogP contribution in [-0.2, 0) is 4.79 Å². The van der Waals surface area contributed by atoms with Gasteiger partial charge in [-0.1, -0.05) is 11.3 Å². The SMILES string of the molecule is N#Cc1sc(NCCO)nc1NC(=O)C(F)(F)F. The van der Waals surface area contributed by atoms with E-state index < -0.39 is 17.9 Å². The van der Waals surface area contributed by atoms with Crippen LogP contribution in [0.3, 0.4) is 0 Å². The van der Waals surface area contributed by atoms with Gasteiger partial charge in [0.2, 0.25) is 0 Å². The Morgan fingerprint density at radius 1 is 1.56 bits per heavy atom. The van der Waals surface area contributed by atoms with Crippen molar-refractivity contribution >= 4 is 28.2 Å². The molecule has 0 unspecified atom stereocenters. The number of hydrogen-bond acceptors (Lipinski definition) is 6. The third-order valence-electron chi connectivity index (χ3n) is 1.61. The molecule has 1 aromatic rings. The summed E-state index contributed by atoms with van der Waals surface area (Å²) >= 11 is 0.776. The molecule has 1 heterocycles.